The number of imidazole rings is 1. The highest BCUT2D eigenvalue weighted by Crippen LogP contribution is 2.27. The molecule has 0 fully saturated rings. The summed E-state index contributed by atoms with van der Waals surface area (Å²) in [6.07, 6.45) is 1.89. The SMILES string of the molecule is Cn1c(CC#N)nc2c(Cl)ncc(Br)c21. The number of nitriles is 1. The van der Waals surface area contributed by atoms with Crippen molar-refractivity contribution in [1.29, 1.82) is 5.26 Å². The maximum Gasteiger partial charge on any atom is 0.156 e. The van der Waals surface area contributed by atoms with Crippen LogP contribution in [-0.2, 0) is 13.5 Å². The van der Waals surface area contributed by atoms with Gasteiger partial charge >= 0.3 is 0 Å². The van der Waals surface area contributed by atoms with Gasteiger partial charge in [-0.25, -0.2) is 9.97 Å². The molecule has 4 nitrogen and oxygen atoms in total. The first-order chi connectivity index (χ1) is 7.15. The Morgan fingerprint density at radius 1 is 1.67 bits per heavy atom. The highest BCUT2D eigenvalue weighted by atomic mass is 79.9. The number of aromatic nitrogens is 3. The number of hydrogen-bond acceptors (Lipinski definition) is 3. The second-order valence-corrected chi connectivity index (χ2v) is 4.23. The van der Waals surface area contributed by atoms with Gasteiger partial charge in [-0.15, -0.1) is 0 Å². The number of halogens is 2. The number of fused-ring (bicyclic) bond motifs is 1. The van der Waals surface area contributed by atoms with Crippen molar-refractivity contribution in [2.45, 2.75) is 6.42 Å². The molecule has 0 aliphatic carbocycles. The minimum absolute atomic E-state index is 0.258. The Morgan fingerprint density at radius 3 is 3.00 bits per heavy atom. The minimum atomic E-state index is 0.258. The number of pyridine rings is 1. The van der Waals surface area contributed by atoms with Crippen LogP contribution in [-0.4, -0.2) is 14.5 Å². The van der Waals surface area contributed by atoms with Crippen LogP contribution in [0.5, 0.6) is 0 Å². The van der Waals surface area contributed by atoms with Crippen LogP contribution in [0.25, 0.3) is 11.0 Å². The summed E-state index contributed by atoms with van der Waals surface area (Å²) >= 11 is 9.31. The molecule has 0 bridgehead atoms. The van der Waals surface area contributed by atoms with Crippen molar-refractivity contribution < 1.29 is 0 Å². The molecule has 0 aromatic carbocycles. The highest BCUT2D eigenvalue weighted by Gasteiger charge is 2.13. The van der Waals surface area contributed by atoms with Crippen LogP contribution in [0.1, 0.15) is 5.82 Å². The predicted octanol–water partition coefficient (Wildman–Crippen LogP) is 2.45. The molecule has 2 rings (SSSR count). The zero-order valence-corrected chi connectivity index (χ0v) is 10.2. The van der Waals surface area contributed by atoms with E-state index in [0.29, 0.717) is 16.5 Å². The fourth-order valence-corrected chi connectivity index (χ4v) is 2.16. The fraction of sp³-hybridized carbons (Fsp3) is 0.222. The summed E-state index contributed by atoms with van der Waals surface area (Å²) in [6, 6.07) is 2.06. The van der Waals surface area contributed by atoms with Crippen molar-refractivity contribution >= 4 is 38.6 Å². The van der Waals surface area contributed by atoms with E-state index in [0.717, 1.165) is 9.99 Å². The van der Waals surface area contributed by atoms with Crippen LogP contribution in [0.4, 0.5) is 0 Å². The Hall–Kier alpha value is -1.12. The molecule has 2 aromatic heterocycles. The highest BCUT2D eigenvalue weighted by molar-refractivity contribution is 9.10. The summed E-state index contributed by atoms with van der Waals surface area (Å²) in [5.74, 6) is 0.683. The first-order valence-electron chi connectivity index (χ1n) is 4.17. The molecule has 2 aromatic rings. The number of aryl methyl sites for hydroxylation is 1. The molecule has 76 valence electrons. The largest absolute Gasteiger partial charge is 0.329 e. The Morgan fingerprint density at radius 2 is 2.40 bits per heavy atom. The molecule has 0 saturated carbocycles. The number of rotatable bonds is 1. The Balaban J connectivity index is 2.82. The molecule has 15 heavy (non-hydrogen) atoms. The van der Waals surface area contributed by atoms with Gasteiger partial charge in [-0.05, 0) is 15.9 Å². The molecule has 0 aliphatic heterocycles. The maximum absolute atomic E-state index is 8.64. The van der Waals surface area contributed by atoms with Crippen LogP contribution in [0.3, 0.4) is 0 Å². The lowest BCUT2D eigenvalue weighted by Crippen LogP contribution is -1.96. The summed E-state index contributed by atoms with van der Waals surface area (Å²) in [5, 5.41) is 9.00. The molecule has 0 atom stereocenters. The van der Waals surface area contributed by atoms with E-state index in [1.165, 1.54) is 0 Å². The van der Waals surface area contributed by atoms with E-state index < -0.39 is 0 Å². The Bertz CT molecular complexity index is 569. The molecule has 0 aliphatic rings. The van der Waals surface area contributed by atoms with Gasteiger partial charge in [0.15, 0.2) is 5.15 Å². The molecule has 0 amide bonds. The number of nitrogens with zero attached hydrogens (tertiary/aromatic N) is 4. The van der Waals surface area contributed by atoms with E-state index in [1.54, 1.807) is 6.20 Å². The Kier molecular flexibility index (Phi) is 2.63. The van der Waals surface area contributed by atoms with Gasteiger partial charge < -0.3 is 4.57 Å². The van der Waals surface area contributed by atoms with Crippen molar-refractivity contribution in [3.63, 3.8) is 0 Å². The van der Waals surface area contributed by atoms with E-state index in [9.17, 15) is 0 Å². The monoisotopic (exact) mass is 284 g/mol. The molecule has 0 unspecified atom stereocenters. The van der Waals surface area contributed by atoms with Gasteiger partial charge in [0.2, 0.25) is 0 Å². The smallest absolute Gasteiger partial charge is 0.156 e. The topological polar surface area (TPSA) is 54.5 Å². The van der Waals surface area contributed by atoms with Crippen LogP contribution >= 0.6 is 27.5 Å². The lowest BCUT2D eigenvalue weighted by molar-refractivity contribution is 0.856. The third-order valence-electron chi connectivity index (χ3n) is 2.14. The fourth-order valence-electron chi connectivity index (χ4n) is 1.43. The predicted molar refractivity (Wildman–Crippen MR) is 60.5 cm³/mol. The summed E-state index contributed by atoms with van der Waals surface area (Å²) in [4.78, 5) is 8.26. The summed E-state index contributed by atoms with van der Waals surface area (Å²) < 4.78 is 2.66. The van der Waals surface area contributed by atoms with Gasteiger partial charge in [0.05, 0.1) is 22.5 Å². The first kappa shape index (κ1) is 10.4. The molecule has 0 spiro atoms. The van der Waals surface area contributed by atoms with Crippen molar-refractivity contribution in [3.05, 3.63) is 21.6 Å². The van der Waals surface area contributed by atoms with E-state index in [2.05, 4.69) is 32.0 Å². The molecule has 0 N–H and O–H groups in total. The zero-order valence-electron chi connectivity index (χ0n) is 7.83. The third kappa shape index (κ3) is 1.60. The van der Waals surface area contributed by atoms with Crippen LogP contribution in [0.15, 0.2) is 10.7 Å². The van der Waals surface area contributed by atoms with Crippen LogP contribution in [0, 0.1) is 11.3 Å². The van der Waals surface area contributed by atoms with Crippen molar-refractivity contribution in [2.24, 2.45) is 7.05 Å². The van der Waals surface area contributed by atoms with Crippen molar-refractivity contribution in [2.75, 3.05) is 0 Å². The zero-order chi connectivity index (χ0) is 11.0. The molecule has 0 saturated heterocycles. The molecule has 6 heteroatoms. The minimum Gasteiger partial charge on any atom is -0.329 e. The summed E-state index contributed by atoms with van der Waals surface area (Å²) in [5.41, 5.74) is 1.49. The van der Waals surface area contributed by atoms with Gasteiger partial charge in [-0.2, -0.15) is 5.26 Å². The van der Waals surface area contributed by atoms with Crippen molar-refractivity contribution in [1.82, 2.24) is 14.5 Å². The standard InChI is InChI=1S/C9H6BrClN4/c1-15-6(2-3-12)14-7-8(15)5(10)4-13-9(7)11/h4H,2H2,1H3. The second-order valence-electron chi connectivity index (χ2n) is 3.02. The van der Waals surface area contributed by atoms with Gasteiger partial charge in [0.25, 0.3) is 0 Å². The molecular weight excluding hydrogens is 279 g/mol. The normalized spacial score (nSPS) is 10.5. The van der Waals surface area contributed by atoms with E-state index in [1.807, 2.05) is 11.6 Å². The summed E-state index contributed by atoms with van der Waals surface area (Å²) in [6.45, 7) is 0. The third-order valence-corrected chi connectivity index (χ3v) is 2.99. The average Bonchev–Trinajstić information content (AvgIpc) is 2.53. The second kappa shape index (κ2) is 3.80. The van der Waals surface area contributed by atoms with Crippen molar-refractivity contribution in [3.8, 4) is 6.07 Å². The lowest BCUT2D eigenvalue weighted by atomic mass is 10.4. The number of hydrogen-bond donors (Lipinski definition) is 0. The van der Waals surface area contributed by atoms with Gasteiger partial charge in [-0.3, -0.25) is 0 Å². The van der Waals surface area contributed by atoms with E-state index in [4.69, 9.17) is 16.9 Å². The summed E-state index contributed by atoms with van der Waals surface area (Å²) in [7, 11) is 1.85. The van der Waals surface area contributed by atoms with Crippen LogP contribution < -0.4 is 0 Å². The Labute approximate surface area is 99.6 Å². The van der Waals surface area contributed by atoms with Crippen LogP contribution in [0.2, 0.25) is 5.15 Å². The molecular formula is C9H6BrClN4. The van der Waals surface area contributed by atoms with E-state index in [-0.39, 0.29) is 6.42 Å². The average molecular weight is 286 g/mol. The van der Waals surface area contributed by atoms with Gasteiger partial charge in [0, 0.05) is 13.2 Å². The van der Waals surface area contributed by atoms with Gasteiger partial charge in [0.1, 0.15) is 11.3 Å². The quantitative estimate of drug-likeness (QED) is 0.756. The first-order valence-corrected chi connectivity index (χ1v) is 5.34. The maximum atomic E-state index is 8.64. The van der Waals surface area contributed by atoms with E-state index >= 15 is 0 Å². The molecule has 2 heterocycles. The molecule has 0 radical (unpaired) electrons. The van der Waals surface area contributed by atoms with Gasteiger partial charge in [-0.1, -0.05) is 11.6 Å². The lowest BCUT2D eigenvalue weighted by Gasteiger charge is -1.99.